The van der Waals surface area contributed by atoms with Crippen LogP contribution < -0.4 is 26.2 Å². The van der Waals surface area contributed by atoms with E-state index in [0.717, 1.165) is 261 Å². The molecule has 0 unspecified atom stereocenters. The summed E-state index contributed by atoms with van der Waals surface area (Å²) in [5, 5.41) is 6.24. The van der Waals surface area contributed by atoms with E-state index in [1.165, 1.54) is 11.1 Å². The second-order valence-corrected chi connectivity index (χ2v) is 39.7. The van der Waals surface area contributed by atoms with Gasteiger partial charge in [-0.15, -0.1) is 0 Å². The molecule has 0 spiro atoms. The van der Waals surface area contributed by atoms with Crippen LogP contribution in [0.15, 0.2) is 480 Å². The summed E-state index contributed by atoms with van der Waals surface area (Å²) in [5.74, 6) is 0. The Morgan fingerprint density at radius 1 is 0.179 bits per heavy atom. The van der Waals surface area contributed by atoms with Gasteiger partial charge in [0.25, 0.3) is 6.71 Å². The summed E-state index contributed by atoms with van der Waals surface area (Å²) in [6, 6.07) is 175. The summed E-state index contributed by atoms with van der Waals surface area (Å²) in [7, 11) is 0. The van der Waals surface area contributed by atoms with E-state index in [9.17, 15) is 0 Å². The van der Waals surface area contributed by atoms with E-state index in [4.69, 9.17) is 13.3 Å². The highest BCUT2D eigenvalue weighted by atomic mass is 16.3. The zero-order chi connectivity index (χ0) is 93.6. The molecule has 0 amide bonds. The van der Waals surface area contributed by atoms with E-state index in [1.807, 2.05) is 0 Å². The lowest BCUT2D eigenvalue weighted by atomic mass is 9.33. The van der Waals surface area contributed by atoms with Gasteiger partial charge in [-0.2, -0.15) is 0 Å². The summed E-state index contributed by atoms with van der Waals surface area (Å²) in [4.78, 5) is 5.49. The zero-order valence-electron chi connectivity index (χ0n) is 78.7. The van der Waals surface area contributed by atoms with E-state index in [-0.39, 0.29) is 5.41 Å². The first-order valence-electron chi connectivity index (χ1n) is 48.7. The van der Waals surface area contributed by atoms with Crippen LogP contribution in [0.1, 0.15) is 52.7 Å². The van der Waals surface area contributed by atoms with Gasteiger partial charge in [0.1, 0.15) is 33.5 Å². The van der Waals surface area contributed by atoms with Crippen molar-refractivity contribution < 1.29 is 13.3 Å². The second-order valence-electron chi connectivity index (χ2n) is 39.7. The van der Waals surface area contributed by atoms with Gasteiger partial charge in [-0.1, -0.05) is 369 Å². The fourth-order valence-electron chi connectivity index (χ4n) is 22.2. The minimum absolute atomic E-state index is 0.358. The van der Waals surface area contributed by atoms with Crippen LogP contribution in [-0.4, -0.2) is 6.71 Å². The Hall–Kier alpha value is -17.3. The lowest BCUT2D eigenvalue weighted by Crippen LogP contribution is -2.61. The summed E-state index contributed by atoms with van der Waals surface area (Å²) < 4.78 is 21.4. The molecule has 24 aromatic rings. The van der Waals surface area contributed by atoms with E-state index in [0.29, 0.717) is 0 Å². The highest BCUT2D eigenvalue weighted by molar-refractivity contribution is 7.00. The molecule has 2 aliphatic rings. The van der Waals surface area contributed by atoms with Crippen LogP contribution in [0.5, 0.6) is 0 Å². The van der Waals surface area contributed by atoms with Crippen LogP contribution in [0.25, 0.3) is 210 Å². The monoisotopic (exact) mass is 1790 g/mol. The van der Waals surface area contributed by atoms with Gasteiger partial charge in [-0.05, 0) is 300 Å². The lowest BCUT2D eigenvalue weighted by Gasteiger charge is -2.46. The van der Waals surface area contributed by atoms with Crippen molar-refractivity contribution in [2.45, 2.75) is 52.4 Å². The molecule has 0 bridgehead atoms. The number of anilines is 6. The summed E-state index contributed by atoms with van der Waals surface area (Å²) in [6.07, 6.45) is 0. The van der Waals surface area contributed by atoms with Gasteiger partial charge in [0.05, 0.1) is 11.4 Å². The van der Waals surface area contributed by atoms with Crippen LogP contribution in [0, 0.1) is 0 Å². The van der Waals surface area contributed by atoms with Crippen molar-refractivity contribution >= 4 is 123 Å². The van der Waals surface area contributed by atoms with Crippen LogP contribution in [0.2, 0.25) is 0 Å². The molecule has 3 aromatic heterocycles. The maximum absolute atomic E-state index is 7.14. The first kappa shape index (κ1) is 83.3. The van der Waals surface area contributed by atoms with E-state index in [2.05, 4.69) is 518 Å². The molecular weight excluding hydrogens is 1700 g/mol. The highest BCUT2D eigenvalue weighted by Gasteiger charge is 2.47. The molecule has 0 N–H and O–H groups in total. The average molecular weight is 1790 g/mol. The van der Waals surface area contributed by atoms with Crippen molar-refractivity contribution in [1.29, 1.82) is 0 Å². The first-order chi connectivity index (χ1) is 68.7. The third-order valence-corrected chi connectivity index (χ3v) is 29.1. The van der Waals surface area contributed by atoms with Crippen molar-refractivity contribution in [3.8, 4) is 145 Å². The number of fused-ring (bicyclic) bond motifs is 13. The number of nitrogens with zero attached hydrogens (tertiary/aromatic N) is 2. The number of hydrogen-bond donors (Lipinski definition) is 0. The van der Waals surface area contributed by atoms with Crippen LogP contribution in [0.3, 0.4) is 0 Å². The molecule has 0 fully saturated rings. The molecule has 0 saturated carbocycles. The normalized spacial score (nSPS) is 12.5. The average Bonchev–Trinajstić information content (AvgIpc) is 1.12. The molecule has 0 saturated heterocycles. The molecule has 0 radical (unpaired) electrons. The Labute approximate surface area is 815 Å². The molecule has 0 atom stereocenters. The Bertz CT molecular complexity index is 8750. The van der Waals surface area contributed by atoms with Crippen molar-refractivity contribution in [3.05, 3.63) is 478 Å². The first-order valence-corrected chi connectivity index (χ1v) is 48.7. The van der Waals surface area contributed by atoms with Gasteiger partial charge in [-0.25, -0.2) is 0 Å². The van der Waals surface area contributed by atoms with Crippen LogP contribution in [-0.2, 0) is 10.8 Å². The fraction of sp³-hybridized carbons (Fsp3) is 0.0597. The molecule has 5 heterocycles. The highest BCUT2D eigenvalue weighted by Crippen LogP contribution is 2.59. The predicted molar refractivity (Wildman–Crippen MR) is 590 cm³/mol. The smallest absolute Gasteiger partial charge is 0.252 e. The number of hydrogen-bond acceptors (Lipinski definition) is 5. The third kappa shape index (κ3) is 14.3. The fourth-order valence-corrected chi connectivity index (χ4v) is 22.2. The Morgan fingerprint density at radius 2 is 0.443 bits per heavy atom. The number of rotatable bonds is 15. The number of furan rings is 3. The van der Waals surface area contributed by atoms with E-state index in [1.54, 1.807) is 0 Å². The molecule has 140 heavy (non-hydrogen) atoms. The summed E-state index contributed by atoms with van der Waals surface area (Å²) >= 11 is 0. The summed E-state index contributed by atoms with van der Waals surface area (Å²) in [6.45, 7) is 13.7. The Morgan fingerprint density at radius 3 is 0.793 bits per heavy atom. The molecule has 662 valence electrons. The molecule has 5 nitrogen and oxygen atoms in total. The van der Waals surface area contributed by atoms with E-state index < -0.39 is 12.1 Å². The van der Waals surface area contributed by atoms with Gasteiger partial charge in [0, 0.05) is 77.3 Å². The summed E-state index contributed by atoms with van der Waals surface area (Å²) in [5.41, 5.74) is 44.4. The zero-order valence-corrected chi connectivity index (χ0v) is 78.7. The Balaban J connectivity index is 0.881. The van der Waals surface area contributed by atoms with Gasteiger partial charge in [0.15, 0.2) is 0 Å². The van der Waals surface area contributed by atoms with Gasteiger partial charge < -0.3 is 23.1 Å². The largest absolute Gasteiger partial charge is 0.456 e. The standard InChI is InChI=1S/C134H95BN2O3/c1-133(2,3)103-80-111(90-49-26-13-27-50-90)131(112(81-103)105-54-34-60-124-127(105)108-51-28-31-57-121(108)138-124)137-118-77-92(100-72-95(86-41-18-9-19-42-86)68-96(73-100)87-43-20-10-21-44-87)63-65-115(118)135-116-76-91(99-70-93(84-37-14-7-15-38-84)67-94(71-99)85-39-16-8-17-40-85)64-66-117(116)136(119-78-102(79-120(137)130(119)135)101-74-97(88-45-22-11-23-46-88)69-98(75-101)89-47-24-12-25-48-89)132-113(106-55-35-61-125-128(106)109-52-29-32-58-122(109)139-125)82-104(134(4,5)6)83-114(132)107-56-36-62-126-129(107)110-53-30-33-59-123(110)140-126/h7-83H,1-6H3. The van der Waals surface area contributed by atoms with Crippen LogP contribution in [0.4, 0.5) is 34.1 Å². The topological polar surface area (TPSA) is 45.9 Å². The quantitative estimate of drug-likeness (QED) is 0.0957. The lowest BCUT2D eigenvalue weighted by molar-refractivity contribution is 0.590. The SMILES string of the molecule is CC(C)(C)c1cc(-c2ccccc2)c(N2c3cc(-c4cc(-c5ccccc5)cc(-c5ccccc5)c4)ccc3B3c4cc(-c5cc(-c6ccccc6)cc(-c6ccccc6)c5)ccc4N(c4c(-c5cccc6oc7ccccc7c56)cc(C(C)(C)C)cc4-c4cccc5oc6ccccc6c45)c4cc(-c5cc(-c6ccccc6)cc(-c6ccccc6)c5)cc2c43)c(-c2cccc3oc4ccccc4c23)c1. The minimum atomic E-state index is -0.473. The van der Waals surface area contributed by atoms with Gasteiger partial charge >= 0.3 is 0 Å². The number of para-hydroxylation sites is 3. The second kappa shape index (κ2) is 33.3. The molecule has 26 rings (SSSR count). The van der Waals surface area contributed by atoms with Crippen molar-refractivity contribution in [2.24, 2.45) is 0 Å². The van der Waals surface area contributed by atoms with Crippen molar-refractivity contribution in [3.63, 3.8) is 0 Å². The van der Waals surface area contributed by atoms with E-state index >= 15 is 0 Å². The molecule has 6 heteroatoms. The predicted octanol–water partition coefficient (Wildman–Crippen LogP) is 35.7. The maximum Gasteiger partial charge on any atom is 0.252 e. The third-order valence-electron chi connectivity index (χ3n) is 29.1. The maximum atomic E-state index is 7.14. The van der Waals surface area contributed by atoms with Crippen molar-refractivity contribution in [2.75, 3.05) is 9.80 Å². The van der Waals surface area contributed by atoms with Crippen LogP contribution >= 0.6 is 0 Å². The minimum Gasteiger partial charge on any atom is -0.456 e. The molecular formula is C134H95BN2O3. The van der Waals surface area contributed by atoms with Gasteiger partial charge in [0.2, 0.25) is 0 Å². The van der Waals surface area contributed by atoms with Gasteiger partial charge in [-0.3, -0.25) is 0 Å². The molecule has 21 aromatic carbocycles. The Kier molecular flexibility index (Phi) is 19.8. The molecule has 0 aliphatic carbocycles. The molecule has 2 aliphatic heterocycles. The van der Waals surface area contributed by atoms with Crippen molar-refractivity contribution in [1.82, 2.24) is 0 Å². The number of benzene rings is 21.